The fourth-order valence-electron chi connectivity index (χ4n) is 1.18. The molecule has 0 amide bonds. The van der Waals surface area contributed by atoms with Crippen LogP contribution in [0, 0.1) is 3.57 Å². The van der Waals surface area contributed by atoms with Gasteiger partial charge in [-0.3, -0.25) is 0 Å². The van der Waals surface area contributed by atoms with Crippen LogP contribution in [0.4, 0.5) is 8.78 Å². The highest BCUT2D eigenvalue weighted by atomic mass is 127. The zero-order valence-electron chi connectivity index (χ0n) is 7.62. The summed E-state index contributed by atoms with van der Waals surface area (Å²) in [5.41, 5.74) is 1.17. The fraction of sp³-hybridized carbons (Fsp3) is 0.111. The Bertz CT molecular complexity index is 538. The summed E-state index contributed by atoms with van der Waals surface area (Å²) in [7, 11) is 0. The van der Waals surface area contributed by atoms with Crippen molar-refractivity contribution in [2.45, 2.75) is 6.61 Å². The van der Waals surface area contributed by atoms with Crippen LogP contribution in [0.5, 0.6) is 5.88 Å². The minimum Gasteiger partial charge on any atom is -0.415 e. The molecule has 16 heavy (non-hydrogen) atoms. The molecule has 0 aliphatic heterocycles. The Morgan fingerprint density at radius 1 is 1.38 bits per heavy atom. The second-order valence-corrected chi connectivity index (χ2v) is 4.92. The number of benzene rings is 1. The lowest BCUT2D eigenvalue weighted by Crippen LogP contribution is -2.04. The molecule has 0 bridgehead atoms. The van der Waals surface area contributed by atoms with Gasteiger partial charge in [0.15, 0.2) is 0 Å². The van der Waals surface area contributed by atoms with Crippen LogP contribution >= 0.6 is 38.5 Å². The van der Waals surface area contributed by atoms with E-state index < -0.39 is 6.61 Å². The number of hydrogen-bond donors (Lipinski definition) is 0. The van der Waals surface area contributed by atoms with Crippen LogP contribution in [0.1, 0.15) is 0 Å². The Kier molecular flexibility index (Phi) is 3.53. The molecule has 0 atom stereocenters. The molecule has 2 aromatic rings. The lowest BCUT2D eigenvalue weighted by molar-refractivity contribution is -0.0528. The van der Waals surface area contributed by atoms with E-state index in [-0.39, 0.29) is 5.88 Å². The lowest BCUT2D eigenvalue weighted by Gasteiger charge is -2.05. The predicted octanol–water partition coefficient (Wildman–Crippen LogP) is 3.60. The van der Waals surface area contributed by atoms with Crippen molar-refractivity contribution in [1.82, 2.24) is 9.97 Å². The zero-order chi connectivity index (χ0) is 11.7. The number of nitrogens with zero attached hydrogens (tertiary/aromatic N) is 2. The van der Waals surface area contributed by atoms with Crippen LogP contribution in [0.25, 0.3) is 11.0 Å². The molecule has 1 heterocycles. The standard InChI is InChI=1S/C9H4BrF2IN2O/c10-4-1-5(13)8-6(2-4)15-7(3-14-8)16-9(11)12/h1-3,9H. The van der Waals surface area contributed by atoms with Crippen molar-refractivity contribution in [3.8, 4) is 5.88 Å². The van der Waals surface area contributed by atoms with Gasteiger partial charge in [-0.1, -0.05) is 15.9 Å². The molecule has 2 rings (SSSR count). The second-order valence-electron chi connectivity index (χ2n) is 2.84. The number of hydrogen-bond acceptors (Lipinski definition) is 3. The Morgan fingerprint density at radius 2 is 2.12 bits per heavy atom. The summed E-state index contributed by atoms with van der Waals surface area (Å²) in [6.07, 6.45) is 1.19. The van der Waals surface area contributed by atoms with Gasteiger partial charge in [0.1, 0.15) is 5.52 Å². The van der Waals surface area contributed by atoms with E-state index in [0.717, 1.165) is 8.04 Å². The van der Waals surface area contributed by atoms with E-state index in [9.17, 15) is 8.78 Å². The molecule has 0 N–H and O–H groups in total. The van der Waals surface area contributed by atoms with Crippen molar-refractivity contribution in [3.63, 3.8) is 0 Å². The summed E-state index contributed by atoms with van der Waals surface area (Å²) in [5, 5.41) is 0. The van der Waals surface area contributed by atoms with E-state index in [1.807, 2.05) is 6.07 Å². The maximum absolute atomic E-state index is 12.0. The first-order valence-electron chi connectivity index (χ1n) is 4.13. The third-order valence-electron chi connectivity index (χ3n) is 1.75. The summed E-state index contributed by atoms with van der Waals surface area (Å²) in [6.45, 7) is -2.89. The van der Waals surface area contributed by atoms with Crippen LogP contribution in [-0.2, 0) is 0 Å². The first kappa shape index (κ1) is 11.9. The third kappa shape index (κ3) is 2.57. The third-order valence-corrected chi connectivity index (χ3v) is 3.03. The van der Waals surface area contributed by atoms with Crippen molar-refractivity contribution in [2.75, 3.05) is 0 Å². The van der Waals surface area contributed by atoms with E-state index >= 15 is 0 Å². The van der Waals surface area contributed by atoms with Crippen LogP contribution in [0.3, 0.4) is 0 Å². The van der Waals surface area contributed by atoms with Crippen molar-refractivity contribution in [3.05, 3.63) is 26.4 Å². The first-order chi connectivity index (χ1) is 7.56. The second kappa shape index (κ2) is 4.74. The Hall–Kier alpha value is -0.570. The molecule has 0 radical (unpaired) electrons. The van der Waals surface area contributed by atoms with Crippen molar-refractivity contribution < 1.29 is 13.5 Å². The van der Waals surface area contributed by atoms with Crippen molar-refractivity contribution in [2.24, 2.45) is 0 Å². The summed E-state index contributed by atoms with van der Waals surface area (Å²) in [4.78, 5) is 7.96. The Morgan fingerprint density at radius 3 is 2.81 bits per heavy atom. The van der Waals surface area contributed by atoms with Crippen molar-refractivity contribution in [1.29, 1.82) is 0 Å². The maximum Gasteiger partial charge on any atom is 0.388 e. The maximum atomic E-state index is 12.0. The normalized spacial score (nSPS) is 11.1. The summed E-state index contributed by atoms with van der Waals surface area (Å²) < 4.78 is 29.8. The highest BCUT2D eigenvalue weighted by molar-refractivity contribution is 14.1. The van der Waals surface area contributed by atoms with Crippen molar-refractivity contribution >= 4 is 49.6 Å². The minimum atomic E-state index is -2.89. The summed E-state index contributed by atoms with van der Waals surface area (Å²) >= 11 is 5.40. The van der Waals surface area contributed by atoms with Gasteiger partial charge in [0.05, 0.1) is 11.7 Å². The molecule has 1 aromatic carbocycles. The molecule has 0 saturated heterocycles. The van der Waals surface area contributed by atoms with Gasteiger partial charge >= 0.3 is 6.61 Å². The van der Waals surface area contributed by atoms with Gasteiger partial charge in [-0.15, -0.1) is 0 Å². The molecule has 0 saturated carbocycles. The average molecular weight is 401 g/mol. The molecule has 0 aliphatic carbocycles. The fourth-order valence-corrected chi connectivity index (χ4v) is 2.81. The molecule has 0 fully saturated rings. The van der Waals surface area contributed by atoms with Gasteiger partial charge in [0.2, 0.25) is 5.88 Å². The minimum absolute atomic E-state index is 0.184. The molecule has 0 aliphatic rings. The number of rotatable bonds is 2. The number of ether oxygens (including phenoxy) is 1. The molecule has 1 aromatic heterocycles. The van der Waals surface area contributed by atoms with E-state index in [4.69, 9.17) is 0 Å². The number of aromatic nitrogens is 2. The molecule has 3 nitrogen and oxygen atoms in total. The summed E-state index contributed by atoms with van der Waals surface area (Å²) in [6, 6.07) is 3.56. The van der Waals surface area contributed by atoms with E-state index in [1.54, 1.807) is 6.07 Å². The smallest absolute Gasteiger partial charge is 0.388 e. The molecule has 0 spiro atoms. The molecule has 7 heteroatoms. The summed E-state index contributed by atoms with van der Waals surface area (Å²) in [5.74, 6) is -0.184. The molecule has 0 unspecified atom stereocenters. The van der Waals surface area contributed by atoms with Crippen LogP contribution in [-0.4, -0.2) is 16.6 Å². The highest BCUT2D eigenvalue weighted by Gasteiger charge is 2.09. The van der Waals surface area contributed by atoms with Crippen LogP contribution in [0.15, 0.2) is 22.8 Å². The number of halogens is 4. The van der Waals surface area contributed by atoms with Gasteiger partial charge in [0, 0.05) is 8.04 Å². The van der Waals surface area contributed by atoms with Gasteiger partial charge in [-0.25, -0.2) is 9.97 Å². The largest absolute Gasteiger partial charge is 0.415 e. The van der Waals surface area contributed by atoms with Gasteiger partial charge in [-0.05, 0) is 34.7 Å². The van der Waals surface area contributed by atoms with Crippen LogP contribution < -0.4 is 4.74 Å². The quantitative estimate of drug-likeness (QED) is 0.722. The first-order valence-corrected chi connectivity index (χ1v) is 6.00. The average Bonchev–Trinajstić information content (AvgIpc) is 2.15. The predicted molar refractivity (Wildman–Crippen MR) is 66.6 cm³/mol. The lowest BCUT2D eigenvalue weighted by atomic mass is 10.3. The molecular weight excluding hydrogens is 397 g/mol. The topological polar surface area (TPSA) is 35.0 Å². The molecular formula is C9H4BrF2IN2O. The van der Waals surface area contributed by atoms with E-state index in [0.29, 0.717) is 11.0 Å². The monoisotopic (exact) mass is 400 g/mol. The van der Waals surface area contributed by atoms with E-state index in [1.165, 1.54) is 6.20 Å². The number of alkyl halides is 2. The highest BCUT2D eigenvalue weighted by Crippen LogP contribution is 2.24. The van der Waals surface area contributed by atoms with E-state index in [2.05, 4.69) is 53.2 Å². The Labute approximate surface area is 111 Å². The van der Waals surface area contributed by atoms with Gasteiger partial charge in [0.25, 0.3) is 0 Å². The molecule has 84 valence electrons. The van der Waals surface area contributed by atoms with Gasteiger partial charge < -0.3 is 4.74 Å². The van der Waals surface area contributed by atoms with Crippen LogP contribution in [0.2, 0.25) is 0 Å². The Balaban J connectivity index is 2.53. The number of fused-ring (bicyclic) bond motifs is 1. The zero-order valence-corrected chi connectivity index (χ0v) is 11.4. The SMILES string of the molecule is FC(F)Oc1cnc2c(I)cc(Br)cc2n1. The van der Waals surface area contributed by atoms with Gasteiger partial charge in [-0.2, -0.15) is 8.78 Å².